The average molecular weight is 180 g/mol. The average Bonchev–Trinajstić information content (AvgIpc) is 2.15. The fourth-order valence-corrected chi connectivity index (χ4v) is 1.54. The van der Waals surface area contributed by atoms with E-state index in [0.29, 0.717) is 12.8 Å². The summed E-state index contributed by atoms with van der Waals surface area (Å²) in [5.74, 6) is 0.277. The van der Waals surface area contributed by atoms with Gasteiger partial charge in [0.05, 0.1) is 0 Å². The van der Waals surface area contributed by atoms with Crippen LogP contribution in [0.25, 0.3) is 0 Å². The molecular formula is C11H16O2. The zero-order chi connectivity index (χ0) is 9.68. The van der Waals surface area contributed by atoms with Crippen LogP contribution in [-0.4, -0.2) is 11.6 Å². The van der Waals surface area contributed by atoms with Crippen molar-refractivity contribution in [2.75, 3.05) is 0 Å². The van der Waals surface area contributed by atoms with Crippen molar-refractivity contribution in [3.8, 4) is 0 Å². The highest BCUT2D eigenvalue weighted by atomic mass is 16.1. The lowest BCUT2D eigenvalue weighted by Crippen LogP contribution is -2.07. The van der Waals surface area contributed by atoms with Crippen molar-refractivity contribution in [1.29, 1.82) is 0 Å². The third-order valence-corrected chi connectivity index (χ3v) is 2.35. The fourth-order valence-electron chi connectivity index (χ4n) is 1.54. The minimum atomic E-state index is 0.102. The molecule has 2 heteroatoms. The van der Waals surface area contributed by atoms with E-state index in [-0.39, 0.29) is 11.6 Å². The van der Waals surface area contributed by atoms with E-state index in [1.165, 1.54) is 13.3 Å². The van der Waals surface area contributed by atoms with Crippen LogP contribution in [0.1, 0.15) is 45.4 Å². The van der Waals surface area contributed by atoms with Gasteiger partial charge < -0.3 is 4.79 Å². The molecule has 0 aromatic heterocycles. The molecule has 0 fully saturated rings. The first kappa shape index (κ1) is 10.2. The van der Waals surface area contributed by atoms with Crippen molar-refractivity contribution in [1.82, 2.24) is 0 Å². The monoisotopic (exact) mass is 180 g/mol. The Balaban J connectivity index is 2.38. The summed E-state index contributed by atoms with van der Waals surface area (Å²) in [5, 5.41) is 0. The van der Waals surface area contributed by atoms with Gasteiger partial charge in [-0.05, 0) is 38.2 Å². The molecule has 72 valence electrons. The zero-order valence-electron chi connectivity index (χ0n) is 8.14. The van der Waals surface area contributed by atoms with E-state index in [1.54, 1.807) is 0 Å². The summed E-state index contributed by atoms with van der Waals surface area (Å²) >= 11 is 0. The Morgan fingerprint density at radius 3 is 2.62 bits per heavy atom. The van der Waals surface area contributed by atoms with E-state index in [1.807, 2.05) is 6.08 Å². The maximum absolute atomic E-state index is 11.5. The van der Waals surface area contributed by atoms with Gasteiger partial charge in [0.2, 0.25) is 0 Å². The molecule has 0 unspecified atom stereocenters. The van der Waals surface area contributed by atoms with Gasteiger partial charge in [-0.1, -0.05) is 6.08 Å². The van der Waals surface area contributed by atoms with Gasteiger partial charge >= 0.3 is 0 Å². The molecule has 1 aliphatic carbocycles. The second-order valence-corrected chi connectivity index (χ2v) is 3.60. The molecule has 0 saturated carbocycles. The van der Waals surface area contributed by atoms with Crippen molar-refractivity contribution in [3.63, 3.8) is 0 Å². The molecule has 1 aliphatic rings. The third-order valence-electron chi connectivity index (χ3n) is 2.35. The van der Waals surface area contributed by atoms with Crippen molar-refractivity contribution in [2.45, 2.75) is 45.4 Å². The molecule has 0 spiro atoms. The maximum atomic E-state index is 11.5. The third kappa shape index (κ3) is 3.53. The molecule has 0 aromatic rings. The molecule has 0 N–H and O–H groups in total. The molecule has 2 nitrogen and oxygen atoms in total. The molecular weight excluding hydrogens is 164 g/mol. The Labute approximate surface area is 79.0 Å². The smallest absolute Gasteiger partial charge is 0.158 e. The Hall–Kier alpha value is -0.920. The number of hydrogen-bond acceptors (Lipinski definition) is 2. The van der Waals surface area contributed by atoms with Gasteiger partial charge in [0.25, 0.3) is 0 Å². The van der Waals surface area contributed by atoms with Crippen LogP contribution < -0.4 is 0 Å². The van der Waals surface area contributed by atoms with Gasteiger partial charge in [-0.15, -0.1) is 0 Å². The Morgan fingerprint density at radius 2 is 2.08 bits per heavy atom. The predicted octanol–water partition coefficient (Wildman–Crippen LogP) is 2.43. The minimum absolute atomic E-state index is 0.102. The van der Waals surface area contributed by atoms with Crippen LogP contribution in [0.4, 0.5) is 0 Å². The second-order valence-electron chi connectivity index (χ2n) is 3.60. The molecule has 0 atom stereocenters. The first-order valence-corrected chi connectivity index (χ1v) is 4.92. The number of rotatable bonds is 4. The molecule has 0 radical (unpaired) electrons. The SMILES string of the molecule is CC(=O)CCC(=O)C1=CCCCC1. The summed E-state index contributed by atoms with van der Waals surface area (Å²) in [4.78, 5) is 22.1. The number of allylic oxidation sites excluding steroid dienone is 2. The number of carbonyl (C=O) groups excluding carboxylic acids is 2. The van der Waals surface area contributed by atoms with E-state index >= 15 is 0 Å². The highest BCUT2D eigenvalue weighted by molar-refractivity contribution is 5.97. The van der Waals surface area contributed by atoms with E-state index in [9.17, 15) is 9.59 Å². The van der Waals surface area contributed by atoms with Crippen LogP contribution in [-0.2, 0) is 9.59 Å². The summed E-state index contributed by atoms with van der Waals surface area (Å²) in [7, 11) is 0. The second kappa shape index (κ2) is 4.95. The lowest BCUT2D eigenvalue weighted by atomic mass is 9.94. The quantitative estimate of drug-likeness (QED) is 0.665. The summed E-state index contributed by atoms with van der Waals surface area (Å²) in [5.41, 5.74) is 0.951. The van der Waals surface area contributed by atoms with E-state index in [4.69, 9.17) is 0 Å². The summed E-state index contributed by atoms with van der Waals surface area (Å²) in [6.07, 6.45) is 7.10. The number of Topliss-reactive ketones (excluding diaryl/α,β-unsaturated/α-hetero) is 2. The predicted molar refractivity (Wildman–Crippen MR) is 51.5 cm³/mol. The molecule has 0 aliphatic heterocycles. The van der Waals surface area contributed by atoms with Crippen LogP contribution in [0.3, 0.4) is 0 Å². The van der Waals surface area contributed by atoms with Gasteiger partial charge in [0, 0.05) is 12.8 Å². The van der Waals surface area contributed by atoms with Gasteiger partial charge in [-0.3, -0.25) is 4.79 Å². The number of carbonyl (C=O) groups is 2. The lowest BCUT2D eigenvalue weighted by molar-refractivity contribution is -0.121. The van der Waals surface area contributed by atoms with Gasteiger partial charge in [-0.25, -0.2) is 0 Å². The van der Waals surface area contributed by atoms with Crippen molar-refractivity contribution < 1.29 is 9.59 Å². The molecule has 1 rings (SSSR count). The lowest BCUT2D eigenvalue weighted by Gasteiger charge is -2.10. The zero-order valence-corrected chi connectivity index (χ0v) is 8.14. The first-order chi connectivity index (χ1) is 6.20. The van der Waals surface area contributed by atoms with Crippen LogP contribution in [0.5, 0.6) is 0 Å². The Morgan fingerprint density at radius 1 is 1.31 bits per heavy atom. The highest BCUT2D eigenvalue weighted by Gasteiger charge is 2.12. The van der Waals surface area contributed by atoms with Crippen LogP contribution in [0.2, 0.25) is 0 Å². The van der Waals surface area contributed by atoms with Crippen molar-refractivity contribution >= 4 is 11.6 Å². The van der Waals surface area contributed by atoms with Gasteiger partial charge in [-0.2, -0.15) is 0 Å². The van der Waals surface area contributed by atoms with Crippen molar-refractivity contribution in [3.05, 3.63) is 11.6 Å². The van der Waals surface area contributed by atoms with Crippen LogP contribution >= 0.6 is 0 Å². The molecule has 0 amide bonds. The van der Waals surface area contributed by atoms with Crippen molar-refractivity contribution in [2.24, 2.45) is 0 Å². The van der Waals surface area contributed by atoms with Gasteiger partial charge in [0.1, 0.15) is 5.78 Å². The Bertz CT molecular complexity index is 238. The first-order valence-electron chi connectivity index (χ1n) is 4.92. The number of hydrogen-bond donors (Lipinski definition) is 0. The van der Waals surface area contributed by atoms with Crippen LogP contribution in [0.15, 0.2) is 11.6 Å². The normalized spacial score (nSPS) is 16.5. The Kier molecular flexibility index (Phi) is 3.87. The summed E-state index contributed by atoms with van der Waals surface area (Å²) in [6, 6.07) is 0. The molecule has 0 saturated heterocycles. The maximum Gasteiger partial charge on any atom is 0.158 e. The number of ketones is 2. The van der Waals surface area contributed by atoms with E-state index < -0.39 is 0 Å². The van der Waals surface area contributed by atoms with E-state index in [2.05, 4.69) is 0 Å². The molecule has 0 aromatic carbocycles. The standard InChI is InChI=1S/C11H16O2/c1-9(12)7-8-11(13)10-5-3-2-4-6-10/h5H,2-4,6-8H2,1H3. The fraction of sp³-hybridized carbons (Fsp3) is 0.636. The summed E-state index contributed by atoms with van der Waals surface area (Å²) in [6.45, 7) is 1.53. The molecule has 0 bridgehead atoms. The van der Waals surface area contributed by atoms with E-state index in [0.717, 1.165) is 24.8 Å². The highest BCUT2D eigenvalue weighted by Crippen LogP contribution is 2.19. The molecule has 13 heavy (non-hydrogen) atoms. The summed E-state index contributed by atoms with van der Waals surface area (Å²) < 4.78 is 0. The molecule has 0 heterocycles. The largest absolute Gasteiger partial charge is 0.300 e. The minimum Gasteiger partial charge on any atom is -0.300 e. The topological polar surface area (TPSA) is 34.1 Å². The van der Waals surface area contributed by atoms with Crippen LogP contribution in [0, 0.1) is 0 Å². The van der Waals surface area contributed by atoms with Gasteiger partial charge in [0.15, 0.2) is 5.78 Å².